The molecule has 136 valence electrons. The minimum atomic E-state index is -0.759. The van der Waals surface area contributed by atoms with E-state index in [2.05, 4.69) is 10.6 Å². The van der Waals surface area contributed by atoms with Crippen molar-refractivity contribution < 1.29 is 23.8 Å². The van der Waals surface area contributed by atoms with E-state index in [0.717, 1.165) is 0 Å². The predicted molar refractivity (Wildman–Crippen MR) is 92.9 cm³/mol. The highest BCUT2D eigenvalue weighted by atomic mass is 35.5. The molecular formula is C17H21ClN2O5. The highest BCUT2D eigenvalue weighted by Gasteiger charge is 2.34. The van der Waals surface area contributed by atoms with Gasteiger partial charge in [-0.05, 0) is 19.4 Å². The second-order valence-electron chi connectivity index (χ2n) is 5.41. The maximum absolute atomic E-state index is 12.5. The van der Waals surface area contributed by atoms with Crippen molar-refractivity contribution in [2.24, 2.45) is 0 Å². The number of carbonyl (C=O) groups excluding carboxylic acids is 2. The van der Waals surface area contributed by atoms with Crippen molar-refractivity contribution in [3.8, 4) is 11.5 Å². The number of amides is 2. The molecule has 2 rings (SSSR count). The molecule has 0 aromatic heterocycles. The van der Waals surface area contributed by atoms with Crippen LogP contribution in [0, 0.1) is 0 Å². The zero-order valence-corrected chi connectivity index (χ0v) is 15.3. The largest absolute Gasteiger partial charge is 0.493 e. The van der Waals surface area contributed by atoms with E-state index >= 15 is 0 Å². The van der Waals surface area contributed by atoms with Crippen LogP contribution in [0.2, 0.25) is 5.02 Å². The van der Waals surface area contributed by atoms with Crippen LogP contribution in [0.4, 0.5) is 4.79 Å². The number of esters is 1. The van der Waals surface area contributed by atoms with E-state index in [4.69, 9.17) is 25.8 Å². The monoisotopic (exact) mass is 368 g/mol. The van der Waals surface area contributed by atoms with Crippen molar-refractivity contribution >= 4 is 23.6 Å². The van der Waals surface area contributed by atoms with Crippen molar-refractivity contribution in [1.29, 1.82) is 0 Å². The van der Waals surface area contributed by atoms with Gasteiger partial charge < -0.3 is 24.8 Å². The van der Waals surface area contributed by atoms with Gasteiger partial charge in [0.2, 0.25) is 0 Å². The Bertz CT molecular complexity index is 717. The van der Waals surface area contributed by atoms with E-state index in [1.165, 1.54) is 14.2 Å². The second-order valence-corrected chi connectivity index (χ2v) is 5.79. The fourth-order valence-electron chi connectivity index (χ4n) is 2.60. The molecule has 1 aliphatic heterocycles. The molecule has 1 aliphatic rings. The molecule has 2 amide bonds. The van der Waals surface area contributed by atoms with E-state index in [9.17, 15) is 9.59 Å². The Morgan fingerprint density at radius 3 is 2.60 bits per heavy atom. The van der Waals surface area contributed by atoms with Crippen LogP contribution >= 0.6 is 11.6 Å². The molecular weight excluding hydrogens is 348 g/mol. The van der Waals surface area contributed by atoms with Gasteiger partial charge in [-0.25, -0.2) is 9.59 Å². The molecule has 0 saturated heterocycles. The first kappa shape index (κ1) is 18.9. The van der Waals surface area contributed by atoms with Crippen LogP contribution < -0.4 is 20.1 Å². The average molecular weight is 369 g/mol. The molecule has 1 aromatic rings. The lowest BCUT2D eigenvalue weighted by atomic mass is 9.95. The predicted octanol–water partition coefficient (Wildman–Crippen LogP) is 2.94. The highest BCUT2D eigenvalue weighted by Crippen LogP contribution is 2.42. The van der Waals surface area contributed by atoms with Gasteiger partial charge in [0, 0.05) is 11.3 Å². The summed E-state index contributed by atoms with van der Waals surface area (Å²) in [4.78, 5) is 24.4. The third-order valence-electron chi connectivity index (χ3n) is 3.75. The Morgan fingerprint density at radius 2 is 2.00 bits per heavy atom. The van der Waals surface area contributed by atoms with E-state index in [1.807, 2.05) is 6.92 Å². The first-order chi connectivity index (χ1) is 11.9. The summed E-state index contributed by atoms with van der Waals surface area (Å²) in [6.07, 6.45) is 0.694. The third kappa shape index (κ3) is 3.82. The number of hydrogen-bond donors (Lipinski definition) is 2. The molecule has 0 fully saturated rings. The number of benzene rings is 1. The minimum absolute atomic E-state index is 0.252. The zero-order valence-electron chi connectivity index (χ0n) is 14.6. The van der Waals surface area contributed by atoms with Crippen LogP contribution in [-0.2, 0) is 9.53 Å². The number of nitrogens with one attached hydrogen (secondary N) is 2. The molecule has 1 unspecified atom stereocenters. The summed E-state index contributed by atoms with van der Waals surface area (Å²) in [7, 11) is 2.96. The Labute approximate surface area is 151 Å². The number of carbonyl (C=O) groups is 2. The summed E-state index contributed by atoms with van der Waals surface area (Å²) in [5, 5.41) is 5.55. The number of methoxy groups -OCH3 is 2. The molecule has 0 bridgehead atoms. The summed E-state index contributed by atoms with van der Waals surface area (Å²) in [6.45, 7) is 3.83. The summed E-state index contributed by atoms with van der Waals surface area (Å²) < 4.78 is 15.8. The Balaban J connectivity index is 2.52. The van der Waals surface area contributed by atoms with Gasteiger partial charge in [-0.2, -0.15) is 0 Å². The average Bonchev–Trinajstić information content (AvgIpc) is 2.58. The zero-order chi connectivity index (χ0) is 18.6. The standard InChI is InChI=1S/C17H21ClN2O5/c1-5-8-25-16(21)12-9(2)19-17(22)20-14(12)10-6-7-11(23-3)15(24-4)13(10)18/h6-7,14H,5,8H2,1-4H3,(H2,19,20,22). The first-order valence-corrected chi connectivity index (χ1v) is 8.18. The molecule has 1 atom stereocenters. The van der Waals surface area contributed by atoms with Gasteiger partial charge >= 0.3 is 12.0 Å². The second kappa shape index (κ2) is 8.11. The molecule has 0 saturated carbocycles. The minimum Gasteiger partial charge on any atom is -0.493 e. The number of urea groups is 1. The van der Waals surface area contributed by atoms with Crippen molar-refractivity contribution in [2.45, 2.75) is 26.3 Å². The molecule has 8 heteroatoms. The molecule has 0 aliphatic carbocycles. The van der Waals surface area contributed by atoms with Gasteiger partial charge in [0.1, 0.15) is 0 Å². The maximum atomic E-state index is 12.5. The number of ether oxygens (including phenoxy) is 3. The van der Waals surface area contributed by atoms with Crippen LogP contribution in [0.3, 0.4) is 0 Å². The van der Waals surface area contributed by atoms with Crippen molar-refractivity contribution in [3.63, 3.8) is 0 Å². The maximum Gasteiger partial charge on any atom is 0.338 e. The van der Waals surface area contributed by atoms with E-state index in [-0.39, 0.29) is 11.6 Å². The van der Waals surface area contributed by atoms with Gasteiger partial charge in [0.25, 0.3) is 0 Å². The van der Waals surface area contributed by atoms with Gasteiger partial charge in [-0.1, -0.05) is 24.6 Å². The van der Waals surface area contributed by atoms with Crippen LogP contribution in [0.5, 0.6) is 11.5 Å². The molecule has 0 spiro atoms. The van der Waals surface area contributed by atoms with Crippen molar-refractivity contribution in [1.82, 2.24) is 10.6 Å². The summed E-state index contributed by atoms with van der Waals surface area (Å²) in [5.41, 5.74) is 1.22. The lowest BCUT2D eigenvalue weighted by molar-refractivity contribution is -0.139. The molecule has 1 heterocycles. The topological polar surface area (TPSA) is 85.9 Å². The van der Waals surface area contributed by atoms with E-state index in [0.29, 0.717) is 34.8 Å². The Hall–Kier alpha value is -2.41. The van der Waals surface area contributed by atoms with Gasteiger partial charge in [-0.15, -0.1) is 0 Å². The number of halogens is 1. The molecule has 7 nitrogen and oxygen atoms in total. The number of rotatable bonds is 6. The SMILES string of the molecule is CCCOC(=O)C1=C(C)NC(=O)NC1c1ccc(OC)c(OC)c1Cl. The molecule has 2 N–H and O–H groups in total. The molecule has 1 aromatic carbocycles. The van der Waals surface area contributed by atoms with Crippen LogP contribution in [0.25, 0.3) is 0 Å². The first-order valence-electron chi connectivity index (χ1n) is 7.80. The van der Waals surface area contributed by atoms with Gasteiger partial charge in [0.15, 0.2) is 11.5 Å². The Morgan fingerprint density at radius 1 is 1.28 bits per heavy atom. The van der Waals surface area contributed by atoms with Gasteiger partial charge in [-0.3, -0.25) is 0 Å². The molecule has 0 radical (unpaired) electrons. The van der Waals surface area contributed by atoms with E-state index in [1.54, 1.807) is 19.1 Å². The smallest absolute Gasteiger partial charge is 0.338 e. The fourth-order valence-corrected chi connectivity index (χ4v) is 2.94. The normalized spacial score (nSPS) is 16.8. The summed E-state index contributed by atoms with van der Waals surface area (Å²) in [6, 6.07) is 2.16. The highest BCUT2D eigenvalue weighted by molar-refractivity contribution is 6.33. The van der Waals surface area contributed by atoms with Crippen LogP contribution in [0.15, 0.2) is 23.4 Å². The number of hydrogen-bond acceptors (Lipinski definition) is 5. The summed E-state index contributed by atoms with van der Waals surface area (Å²) in [5.74, 6) is 0.267. The van der Waals surface area contributed by atoms with Gasteiger partial charge in [0.05, 0.1) is 37.5 Å². The lowest BCUT2D eigenvalue weighted by Gasteiger charge is -2.29. The van der Waals surface area contributed by atoms with Crippen molar-refractivity contribution in [2.75, 3.05) is 20.8 Å². The van der Waals surface area contributed by atoms with Crippen LogP contribution in [-0.4, -0.2) is 32.8 Å². The quantitative estimate of drug-likeness (QED) is 0.754. The molecule has 25 heavy (non-hydrogen) atoms. The Kier molecular flexibility index (Phi) is 6.14. The lowest BCUT2D eigenvalue weighted by Crippen LogP contribution is -2.45. The fraction of sp³-hybridized carbons (Fsp3) is 0.412. The summed E-state index contributed by atoms with van der Waals surface area (Å²) >= 11 is 6.44. The van der Waals surface area contributed by atoms with Crippen LogP contribution in [0.1, 0.15) is 31.9 Å². The number of allylic oxidation sites excluding steroid dienone is 1. The van der Waals surface area contributed by atoms with Crippen molar-refractivity contribution in [3.05, 3.63) is 34.0 Å². The third-order valence-corrected chi connectivity index (χ3v) is 4.14. The van der Waals surface area contributed by atoms with E-state index < -0.39 is 18.0 Å².